The van der Waals surface area contributed by atoms with Crippen LogP contribution in [0.15, 0.2) is 11.6 Å². The molecular formula is C55H108O8Si3. The Kier molecular flexibility index (Phi) is 24.4. The third-order valence-corrected chi connectivity index (χ3v) is 30.4. The fourth-order valence-electron chi connectivity index (χ4n) is 9.31. The van der Waals surface area contributed by atoms with Crippen LogP contribution in [0.25, 0.3) is 0 Å². The van der Waals surface area contributed by atoms with Crippen molar-refractivity contribution in [1.82, 2.24) is 0 Å². The second-order valence-corrected chi connectivity index (χ2v) is 40.0. The van der Waals surface area contributed by atoms with Crippen LogP contribution < -0.4 is 0 Å². The van der Waals surface area contributed by atoms with E-state index in [1.165, 1.54) is 64.2 Å². The van der Waals surface area contributed by atoms with Crippen molar-refractivity contribution in [3.05, 3.63) is 11.6 Å². The van der Waals surface area contributed by atoms with Crippen LogP contribution in [0.3, 0.4) is 0 Å². The number of rotatable bonds is 30. The number of unbranched alkanes of at least 4 members (excludes halogenated alkanes) is 11. The highest BCUT2D eigenvalue weighted by Crippen LogP contribution is 2.43. The summed E-state index contributed by atoms with van der Waals surface area (Å²) in [4.78, 5) is 12.5. The van der Waals surface area contributed by atoms with Gasteiger partial charge in [-0.15, -0.1) is 0 Å². The Bertz CT molecular complexity index is 1430. The first-order chi connectivity index (χ1) is 30.6. The molecule has 11 heteroatoms. The molecule has 1 N–H and O–H groups in total. The molecule has 0 unspecified atom stereocenters. The summed E-state index contributed by atoms with van der Waals surface area (Å²) in [6, 6.07) is 0. The van der Waals surface area contributed by atoms with Gasteiger partial charge in [0.15, 0.2) is 25.0 Å². The zero-order valence-electron chi connectivity index (χ0n) is 46.3. The van der Waals surface area contributed by atoms with Gasteiger partial charge in [-0.1, -0.05) is 153 Å². The van der Waals surface area contributed by atoms with E-state index >= 15 is 0 Å². The van der Waals surface area contributed by atoms with Gasteiger partial charge in [0.05, 0.1) is 42.7 Å². The molecule has 66 heavy (non-hydrogen) atoms. The highest BCUT2D eigenvalue weighted by Gasteiger charge is 2.47. The first-order valence-electron chi connectivity index (χ1n) is 27.5. The molecule has 3 rings (SSSR count). The predicted molar refractivity (Wildman–Crippen MR) is 285 cm³/mol. The fraction of sp³-hybridized carbons (Fsp3) is 0.945. The number of carbonyl (C=O) groups excluding carboxylic acids is 1. The number of hydrogen-bond donors (Lipinski definition) is 1. The summed E-state index contributed by atoms with van der Waals surface area (Å²) >= 11 is 0. The molecule has 3 heterocycles. The number of hydrogen-bond acceptors (Lipinski definition) is 8. The average molecular weight is 982 g/mol. The molecule has 388 valence electrons. The lowest BCUT2D eigenvalue weighted by atomic mass is 9.92. The van der Waals surface area contributed by atoms with E-state index in [-0.39, 0.29) is 69.9 Å². The van der Waals surface area contributed by atoms with Crippen LogP contribution in [0, 0.1) is 0 Å². The Morgan fingerprint density at radius 1 is 0.636 bits per heavy atom. The molecule has 0 saturated carbocycles. The summed E-state index contributed by atoms with van der Waals surface area (Å²) in [6.07, 6.45) is 27.0. The van der Waals surface area contributed by atoms with Crippen LogP contribution in [0.5, 0.6) is 0 Å². The molecule has 9 atom stereocenters. The smallest absolute Gasteiger partial charge is 0.334 e. The Morgan fingerprint density at radius 2 is 1.17 bits per heavy atom. The predicted octanol–water partition coefficient (Wildman–Crippen LogP) is 15.9. The Balaban J connectivity index is 1.53. The zero-order chi connectivity index (χ0) is 49.6. The molecule has 0 spiro atoms. The molecule has 8 nitrogen and oxygen atoms in total. The highest BCUT2D eigenvalue weighted by atomic mass is 28.4. The molecule has 0 bridgehead atoms. The van der Waals surface area contributed by atoms with Gasteiger partial charge < -0.3 is 32.6 Å². The van der Waals surface area contributed by atoms with Crippen molar-refractivity contribution < 1.29 is 37.4 Å². The number of esters is 1. The van der Waals surface area contributed by atoms with Crippen molar-refractivity contribution in [3.63, 3.8) is 0 Å². The Labute approximate surface area is 411 Å². The van der Waals surface area contributed by atoms with Crippen molar-refractivity contribution in [2.75, 3.05) is 0 Å². The minimum atomic E-state index is -2.12. The van der Waals surface area contributed by atoms with Gasteiger partial charge in [-0.05, 0) is 125 Å². The van der Waals surface area contributed by atoms with E-state index in [1.54, 1.807) is 0 Å². The van der Waals surface area contributed by atoms with E-state index in [0.29, 0.717) is 12.8 Å². The van der Waals surface area contributed by atoms with Gasteiger partial charge in [-0.2, -0.15) is 0 Å². The monoisotopic (exact) mass is 981 g/mol. The molecule has 0 aromatic heterocycles. The van der Waals surface area contributed by atoms with Crippen LogP contribution in [0.4, 0.5) is 0 Å². The average Bonchev–Trinajstić information content (AvgIpc) is 3.80. The third kappa shape index (κ3) is 19.7. The van der Waals surface area contributed by atoms with Gasteiger partial charge in [0.25, 0.3) is 0 Å². The van der Waals surface area contributed by atoms with Crippen molar-refractivity contribution in [3.8, 4) is 0 Å². The van der Waals surface area contributed by atoms with Gasteiger partial charge in [-0.3, -0.25) is 0 Å². The van der Waals surface area contributed by atoms with Gasteiger partial charge in [0.2, 0.25) is 0 Å². The van der Waals surface area contributed by atoms with Crippen molar-refractivity contribution in [2.45, 2.75) is 333 Å². The molecule has 2 fully saturated rings. The van der Waals surface area contributed by atoms with E-state index < -0.39 is 31.1 Å². The van der Waals surface area contributed by atoms with Gasteiger partial charge in [-0.25, -0.2) is 4.79 Å². The number of aliphatic hydroxyl groups excluding tert-OH is 1. The second-order valence-electron chi connectivity index (χ2n) is 25.8. The van der Waals surface area contributed by atoms with E-state index in [2.05, 4.69) is 109 Å². The van der Waals surface area contributed by atoms with E-state index in [1.807, 2.05) is 13.0 Å². The molecule has 3 aliphatic rings. The topological polar surface area (TPSA) is 92.7 Å². The number of cyclic esters (lactones) is 1. The normalized spacial score (nSPS) is 25.2. The number of ether oxygens (including phenoxy) is 3. The molecule has 0 amide bonds. The maximum atomic E-state index is 12.5. The first-order valence-corrected chi connectivity index (χ1v) is 36.2. The molecular weight excluding hydrogens is 873 g/mol. The maximum Gasteiger partial charge on any atom is 0.334 e. The van der Waals surface area contributed by atoms with Gasteiger partial charge >= 0.3 is 5.97 Å². The molecule has 0 aromatic rings. The SMILES string of the molecule is CCCCCCCCCC[C@@H]1O[C@H]([C@H](CC[C@H](O)[C@@H]2CC[C@@H](CCCCCCC[C@H](CC3=C[C@H](C)OC3=O)O[Si](C)(C)C(C)(C)C)O2)O[Si](C)(C)C(C)(C)C)CC[C@H]1O[Si](C)(C)C(C)(C)C. The zero-order valence-corrected chi connectivity index (χ0v) is 49.3. The van der Waals surface area contributed by atoms with Crippen LogP contribution in [0.1, 0.15) is 224 Å². The lowest BCUT2D eigenvalue weighted by Gasteiger charge is -2.47. The summed E-state index contributed by atoms with van der Waals surface area (Å²) in [5, 5.41) is 12.0. The van der Waals surface area contributed by atoms with Crippen molar-refractivity contribution in [1.29, 1.82) is 0 Å². The van der Waals surface area contributed by atoms with Crippen LogP contribution in [0.2, 0.25) is 54.4 Å². The first kappa shape index (κ1) is 59.9. The molecule has 2 saturated heterocycles. The third-order valence-electron chi connectivity index (χ3n) is 16.8. The second kappa shape index (κ2) is 26.9. The minimum Gasteiger partial charge on any atom is -0.455 e. The lowest BCUT2D eigenvalue weighted by molar-refractivity contribution is -0.150. The van der Waals surface area contributed by atoms with E-state index in [9.17, 15) is 9.90 Å². The van der Waals surface area contributed by atoms with Crippen LogP contribution >= 0.6 is 0 Å². The molecule has 0 aliphatic carbocycles. The number of aliphatic hydroxyl groups is 1. The summed E-state index contributed by atoms with van der Waals surface area (Å²) in [7, 11) is -6.08. The fourth-order valence-corrected chi connectivity index (χ4v) is 13.5. The lowest BCUT2D eigenvalue weighted by Crippen LogP contribution is -2.54. The quantitative estimate of drug-likeness (QED) is 0.0432. The number of carbonyl (C=O) groups is 1. The Hall–Kier alpha value is -0.379. The summed E-state index contributed by atoms with van der Waals surface area (Å²) in [5.74, 6) is -0.178. The largest absolute Gasteiger partial charge is 0.455 e. The standard InChI is InChI=1S/C55H108O8Si3/c1-18-19-20-21-22-23-27-30-33-48-51(63-66(16,17)55(9,10)11)39-38-49(60-48)50(62-65(14,15)54(6,7)8)37-35-46(56)47-36-34-44(59-47)31-28-25-24-26-29-32-45(61-64(12,13)53(3,4)5)41-43-40-42(2)58-52(43)57/h40,42,44-51,56H,18-39,41H2,1-17H3/t42-,44+,45+,46-,47-,48-,49-,50-,51+/m0/s1. The van der Waals surface area contributed by atoms with E-state index in [0.717, 1.165) is 76.2 Å². The summed E-state index contributed by atoms with van der Waals surface area (Å²) in [5.41, 5.74) is 0.780. The van der Waals surface area contributed by atoms with Gasteiger partial charge in [0.1, 0.15) is 6.10 Å². The van der Waals surface area contributed by atoms with Crippen LogP contribution in [-0.2, 0) is 32.3 Å². The summed E-state index contributed by atoms with van der Waals surface area (Å²) < 4.78 is 40.5. The van der Waals surface area contributed by atoms with E-state index in [4.69, 9.17) is 27.5 Å². The maximum absolute atomic E-state index is 12.5. The Morgan fingerprint density at radius 3 is 1.73 bits per heavy atom. The minimum absolute atomic E-state index is 0.00443. The van der Waals surface area contributed by atoms with Crippen LogP contribution in [-0.4, -0.2) is 91.0 Å². The molecule has 0 aromatic carbocycles. The molecule has 0 radical (unpaired) electrons. The van der Waals surface area contributed by atoms with Gasteiger partial charge in [0, 0.05) is 18.1 Å². The summed E-state index contributed by atoms with van der Waals surface area (Å²) in [6.45, 7) is 39.2. The highest BCUT2D eigenvalue weighted by molar-refractivity contribution is 6.75. The van der Waals surface area contributed by atoms with Crippen molar-refractivity contribution in [2.24, 2.45) is 0 Å². The van der Waals surface area contributed by atoms with Crippen molar-refractivity contribution >= 4 is 30.9 Å². The molecule has 3 aliphatic heterocycles.